The molecule has 0 saturated carbocycles. The summed E-state index contributed by atoms with van der Waals surface area (Å²) in [6.07, 6.45) is 1.91. The number of benzene rings is 1. The molecule has 0 aliphatic heterocycles. The van der Waals surface area contributed by atoms with E-state index in [9.17, 15) is 9.18 Å². The molecule has 0 saturated heterocycles. The van der Waals surface area contributed by atoms with E-state index in [1.54, 1.807) is 13.0 Å². The molecule has 1 aromatic rings. The van der Waals surface area contributed by atoms with E-state index in [1.165, 1.54) is 0 Å². The van der Waals surface area contributed by atoms with Gasteiger partial charge in [0.15, 0.2) is 0 Å². The van der Waals surface area contributed by atoms with Crippen molar-refractivity contribution in [2.75, 3.05) is 6.61 Å². The van der Waals surface area contributed by atoms with Gasteiger partial charge in [-0.05, 0) is 37.3 Å². The van der Waals surface area contributed by atoms with Crippen molar-refractivity contribution in [3.05, 3.63) is 35.4 Å². The lowest BCUT2D eigenvalue weighted by Crippen LogP contribution is -2.29. The fourth-order valence-corrected chi connectivity index (χ4v) is 2.49. The average molecular weight is 236 g/mol. The lowest BCUT2D eigenvalue weighted by molar-refractivity contribution is -0.147. The van der Waals surface area contributed by atoms with Gasteiger partial charge in [0.1, 0.15) is 5.67 Å². The number of hydrogen-bond acceptors (Lipinski definition) is 2. The van der Waals surface area contributed by atoms with Gasteiger partial charge in [-0.2, -0.15) is 0 Å². The smallest absolute Gasteiger partial charge is 0.309 e. The van der Waals surface area contributed by atoms with Gasteiger partial charge in [-0.15, -0.1) is 0 Å². The fourth-order valence-electron chi connectivity index (χ4n) is 2.49. The first-order chi connectivity index (χ1) is 8.15. The first-order valence-electron chi connectivity index (χ1n) is 6.08. The van der Waals surface area contributed by atoms with Crippen LogP contribution in [0.3, 0.4) is 0 Å². The highest BCUT2D eigenvalue weighted by Crippen LogP contribution is 2.41. The second-order valence-corrected chi connectivity index (χ2v) is 4.46. The lowest BCUT2D eigenvalue weighted by atomic mass is 9.78. The SMILES string of the molecule is CCOC(=O)CC1(F)CCCc2ccccc21. The number of halogens is 1. The molecule has 0 radical (unpaired) electrons. The van der Waals surface area contributed by atoms with Crippen molar-refractivity contribution in [3.8, 4) is 0 Å². The third-order valence-corrected chi connectivity index (χ3v) is 3.25. The normalized spacial score (nSPS) is 22.9. The van der Waals surface area contributed by atoms with E-state index >= 15 is 0 Å². The van der Waals surface area contributed by atoms with E-state index in [2.05, 4.69) is 0 Å². The molecule has 0 heterocycles. The summed E-state index contributed by atoms with van der Waals surface area (Å²) in [4.78, 5) is 11.5. The van der Waals surface area contributed by atoms with Gasteiger partial charge in [0.05, 0.1) is 13.0 Å². The molecular weight excluding hydrogens is 219 g/mol. The summed E-state index contributed by atoms with van der Waals surface area (Å²) in [5.41, 5.74) is 0.144. The van der Waals surface area contributed by atoms with Crippen molar-refractivity contribution in [2.24, 2.45) is 0 Å². The van der Waals surface area contributed by atoms with Gasteiger partial charge in [-0.1, -0.05) is 24.3 Å². The molecule has 0 bridgehead atoms. The van der Waals surface area contributed by atoms with Crippen molar-refractivity contribution < 1.29 is 13.9 Å². The second-order valence-electron chi connectivity index (χ2n) is 4.46. The van der Waals surface area contributed by atoms with E-state index in [0.29, 0.717) is 18.6 Å². The summed E-state index contributed by atoms with van der Waals surface area (Å²) >= 11 is 0. The van der Waals surface area contributed by atoms with Crippen LogP contribution in [0.25, 0.3) is 0 Å². The monoisotopic (exact) mass is 236 g/mol. The molecule has 0 amide bonds. The van der Waals surface area contributed by atoms with Crippen LogP contribution >= 0.6 is 0 Å². The molecule has 1 atom stereocenters. The maximum absolute atomic E-state index is 14.8. The Morgan fingerprint density at radius 3 is 3.00 bits per heavy atom. The maximum Gasteiger partial charge on any atom is 0.309 e. The van der Waals surface area contributed by atoms with Crippen LogP contribution in [0, 0.1) is 0 Å². The largest absolute Gasteiger partial charge is 0.466 e. The van der Waals surface area contributed by atoms with Gasteiger partial charge in [-0.25, -0.2) is 4.39 Å². The summed E-state index contributed by atoms with van der Waals surface area (Å²) in [7, 11) is 0. The van der Waals surface area contributed by atoms with Crippen molar-refractivity contribution >= 4 is 5.97 Å². The molecule has 1 aliphatic carbocycles. The number of aryl methyl sites for hydroxylation is 1. The predicted octanol–water partition coefficient (Wildman–Crippen LogP) is 3.14. The second kappa shape index (κ2) is 4.86. The third-order valence-electron chi connectivity index (χ3n) is 3.25. The topological polar surface area (TPSA) is 26.3 Å². The van der Waals surface area contributed by atoms with E-state index in [4.69, 9.17) is 4.74 Å². The highest BCUT2D eigenvalue weighted by atomic mass is 19.1. The molecule has 17 heavy (non-hydrogen) atoms. The quantitative estimate of drug-likeness (QED) is 0.754. The van der Waals surface area contributed by atoms with E-state index in [-0.39, 0.29) is 6.42 Å². The molecule has 92 valence electrons. The van der Waals surface area contributed by atoms with Crippen molar-refractivity contribution in [3.63, 3.8) is 0 Å². The molecule has 0 N–H and O–H groups in total. The maximum atomic E-state index is 14.8. The highest BCUT2D eigenvalue weighted by molar-refractivity contribution is 5.71. The summed E-state index contributed by atoms with van der Waals surface area (Å²) < 4.78 is 19.7. The fraction of sp³-hybridized carbons (Fsp3) is 0.500. The molecule has 3 heteroatoms. The number of carbonyl (C=O) groups is 1. The zero-order valence-electron chi connectivity index (χ0n) is 10.0. The third kappa shape index (κ3) is 2.48. The molecule has 1 unspecified atom stereocenters. The van der Waals surface area contributed by atoms with Crippen molar-refractivity contribution in [1.82, 2.24) is 0 Å². The molecule has 2 nitrogen and oxygen atoms in total. The Bertz CT molecular complexity index is 416. The van der Waals surface area contributed by atoms with Crippen molar-refractivity contribution in [1.29, 1.82) is 0 Å². The molecule has 0 spiro atoms. The Hall–Kier alpha value is -1.38. The number of ether oxygens (including phenoxy) is 1. The van der Waals surface area contributed by atoms with Crippen LogP contribution in [0.2, 0.25) is 0 Å². The summed E-state index contributed by atoms with van der Waals surface area (Å²) in [5.74, 6) is -0.452. The molecule has 2 rings (SSSR count). The number of rotatable bonds is 3. The highest BCUT2D eigenvalue weighted by Gasteiger charge is 2.38. The minimum Gasteiger partial charge on any atom is -0.466 e. The van der Waals surface area contributed by atoms with E-state index in [1.807, 2.05) is 18.2 Å². The molecule has 0 fully saturated rings. The zero-order chi connectivity index (χ0) is 12.3. The van der Waals surface area contributed by atoms with Gasteiger partial charge < -0.3 is 4.74 Å². The van der Waals surface area contributed by atoms with E-state index in [0.717, 1.165) is 18.4 Å². The average Bonchev–Trinajstić information content (AvgIpc) is 2.29. The van der Waals surface area contributed by atoms with Gasteiger partial charge in [0.2, 0.25) is 0 Å². The number of alkyl halides is 1. The molecule has 1 aliphatic rings. The number of esters is 1. The molecule has 0 aromatic heterocycles. The van der Waals surface area contributed by atoms with Gasteiger partial charge >= 0.3 is 5.97 Å². The minimum atomic E-state index is -1.54. The first-order valence-corrected chi connectivity index (χ1v) is 6.08. The Balaban J connectivity index is 2.23. The minimum absolute atomic E-state index is 0.169. The van der Waals surface area contributed by atoms with Gasteiger partial charge in [-0.3, -0.25) is 4.79 Å². The predicted molar refractivity (Wildman–Crippen MR) is 63.4 cm³/mol. The lowest BCUT2D eigenvalue weighted by Gasteiger charge is -2.31. The van der Waals surface area contributed by atoms with E-state index < -0.39 is 11.6 Å². The van der Waals surface area contributed by atoms with Gasteiger partial charge in [0, 0.05) is 0 Å². The summed E-state index contributed by atoms with van der Waals surface area (Å²) in [5, 5.41) is 0. The Morgan fingerprint density at radius 2 is 2.24 bits per heavy atom. The van der Waals surface area contributed by atoms with Crippen LogP contribution in [0.1, 0.15) is 37.3 Å². The Kier molecular flexibility index (Phi) is 3.46. The number of carbonyl (C=O) groups excluding carboxylic acids is 1. The molecule has 1 aromatic carbocycles. The summed E-state index contributed by atoms with van der Waals surface area (Å²) in [6, 6.07) is 7.46. The van der Waals surface area contributed by atoms with Crippen LogP contribution in [0.4, 0.5) is 4.39 Å². The summed E-state index contributed by atoms with van der Waals surface area (Å²) in [6.45, 7) is 2.04. The Morgan fingerprint density at radius 1 is 1.47 bits per heavy atom. The number of hydrogen-bond donors (Lipinski definition) is 0. The zero-order valence-corrected chi connectivity index (χ0v) is 10.0. The van der Waals surface area contributed by atoms with Crippen LogP contribution in [-0.4, -0.2) is 12.6 Å². The van der Waals surface area contributed by atoms with Crippen LogP contribution in [0.5, 0.6) is 0 Å². The van der Waals surface area contributed by atoms with Gasteiger partial charge in [0.25, 0.3) is 0 Å². The first kappa shape index (κ1) is 12.1. The van der Waals surface area contributed by atoms with Crippen LogP contribution in [-0.2, 0) is 21.6 Å². The standard InChI is InChI=1S/C14H17FO2/c1-2-17-13(16)10-14(15)9-5-7-11-6-3-4-8-12(11)14/h3-4,6,8H,2,5,7,9-10H2,1H3. The van der Waals surface area contributed by atoms with Crippen LogP contribution < -0.4 is 0 Å². The molecular formula is C14H17FO2. The Labute approximate surface area is 101 Å². The van der Waals surface area contributed by atoms with Crippen LogP contribution in [0.15, 0.2) is 24.3 Å². The number of fused-ring (bicyclic) bond motifs is 1. The van der Waals surface area contributed by atoms with Crippen molar-refractivity contribution in [2.45, 2.75) is 38.3 Å².